The lowest BCUT2D eigenvalue weighted by Crippen LogP contribution is -2.46. The predicted octanol–water partition coefficient (Wildman–Crippen LogP) is 2.34. The summed E-state index contributed by atoms with van der Waals surface area (Å²) in [5, 5.41) is 3.25. The second-order valence-electron chi connectivity index (χ2n) is 4.99. The van der Waals surface area contributed by atoms with E-state index in [1.807, 2.05) is 24.0 Å². The molecule has 1 heterocycles. The van der Waals surface area contributed by atoms with Crippen LogP contribution in [0.2, 0.25) is 0 Å². The highest BCUT2D eigenvalue weighted by molar-refractivity contribution is 5.95. The number of hydrogen-bond acceptors (Lipinski definition) is 4. The van der Waals surface area contributed by atoms with E-state index < -0.39 is 0 Å². The van der Waals surface area contributed by atoms with Gasteiger partial charge in [0.05, 0.1) is 13.2 Å². The van der Waals surface area contributed by atoms with Gasteiger partial charge in [0.15, 0.2) is 11.5 Å². The van der Waals surface area contributed by atoms with Crippen LogP contribution in [0.15, 0.2) is 18.2 Å². The van der Waals surface area contributed by atoms with Gasteiger partial charge in [-0.25, -0.2) is 0 Å². The molecule has 6 heteroatoms. The summed E-state index contributed by atoms with van der Waals surface area (Å²) in [7, 11) is 0. The number of piperazine rings is 1. The van der Waals surface area contributed by atoms with E-state index in [-0.39, 0.29) is 18.3 Å². The van der Waals surface area contributed by atoms with Crippen molar-refractivity contribution < 1.29 is 14.3 Å². The number of rotatable bonds is 6. The zero-order chi connectivity index (χ0) is 15.1. The maximum Gasteiger partial charge on any atom is 0.254 e. The minimum absolute atomic E-state index is 0. The third-order valence-corrected chi connectivity index (χ3v) is 3.36. The average Bonchev–Trinajstić information content (AvgIpc) is 2.54. The number of halogens is 1. The van der Waals surface area contributed by atoms with Gasteiger partial charge < -0.3 is 19.7 Å². The van der Waals surface area contributed by atoms with Crippen molar-refractivity contribution in [2.45, 2.75) is 20.3 Å². The Labute approximate surface area is 138 Å². The first-order chi connectivity index (χ1) is 10.3. The van der Waals surface area contributed by atoms with Crippen molar-refractivity contribution in [3.63, 3.8) is 0 Å². The maximum atomic E-state index is 12.5. The molecule has 5 nitrogen and oxygen atoms in total. The van der Waals surface area contributed by atoms with E-state index in [9.17, 15) is 4.79 Å². The molecule has 1 aromatic carbocycles. The van der Waals surface area contributed by atoms with Crippen LogP contribution < -0.4 is 14.8 Å². The molecule has 0 radical (unpaired) electrons. The lowest BCUT2D eigenvalue weighted by molar-refractivity contribution is 0.0735. The fraction of sp³-hybridized carbons (Fsp3) is 0.562. The van der Waals surface area contributed by atoms with E-state index in [1.54, 1.807) is 6.07 Å². The van der Waals surface area contributed by atoms with Crippen molar-refractivity contribution in [2.75, 3.05) is 39.4 Å². The Morgan fingerprint density at radius 2 is 1.91 bits per heavy atom. The largest absolute Gasteiger partial charge is 0.490 e. The first-order valence-corrected chi connectivity index (χ1v) is 7.66. The van der Waals surface area contributed by atoms with E-state index in [0.29, 0.717) is 30.3 Å². The molecule has 1 aliphatic heterocycles. The van der Waals surface area contributed by atoms with Crippen LogP contribution in [0, 0.1) is 0 Å². The number of nitrogens with one attached hydrogen (secondary N) is 1. The number of ether oxygens (including phenoxy) is 2. The fourth-order valence-electron chi connectivity index (χ4n) is 2.29. The molecule has 0 bridgehead atoms. The summed E-state index contributed by atoms with van der Waals surface area (Å²) in [5.41, 5.74) is 0.657. The molecule has 1 aromatic rings. The minimum atomic E-state index is 0. The van der Waals surface area contributed by atoms with Gasteiger partial charge in [-0.2, -0.15) is 0 Å². The summed E-state index contributed by atoms with van der Waals surface area (Å²) in [6.07, 6.45) is 0.938. The van der Waals surface area contributed by atoms with Crippen molar-refractivity contribution in [1.82, 2.24) is 10.2 Å². The van der Waals surface area contributed by atoms with Crippen LogP contribution in [-0.2, 0) is 0 Å². The zero-order valence-corrected chi connectivity index (χ0v) is 14.1. The van der Waals surface area contributed by atoms with Gasteiger partial charge >= 0.3 is 0 Å². The second-order valence-corrected chi connectivity index (χ2v) is 4.99. The molecule has 0 aromatic heterocycles. The third-order valence-electron chi connectivity index (χ3n) is 3.36. The van der Waals surface area contributed by atoms with E-state index in [4.69, 9.17) is 9.47 Å². The molecule has 1 amide bonds. The van der Waals surface area contributed by atoms with Crippen LogP contribution in [-0.4, -0.2) is 50.2 Å². The van der Waals surface area contributed by atoms with Gasteiger partial charge in [0.2, 0.25) is 0 Å². The zero-order valence-electron chi connectivity index (χ0n) is 13.3. The summed E-state index contributed by atoms with van der Waals surface area (Å²) >= 11 is 0. The molecule has 1 fully saturated rings. The number of nitrogens with zero attached hydrogens (tertiary/aromatic N) is 1. The van der Waals surface area contributed by atoms with Crippen LogP contribution >= 0.6 is 12.4 Å². The summed E-state index contributed by atoms with van der Waals surface area (Å²) in [4.78, 5) is 14.4. The number of carbonyl (C=O) groups excluding carboxylic acids is 1. The van der Waals surface area contributed by atoms with E-state index in [0.717, 1.165) is 32.6 Å². The molecule has 0 aliphatic carbocycles. The first-order valence-electron chi connectivity index (χ1n) is 7.66. The van der Waals surface area contributed by atoms with Crippen molar-refractivity contribution in [3.8, 4) is 11.5 Å². The lowest BCUT2D eigenvalue weighted by atomic mass is 10.1. The van der Waals surface area contributed by atoms with Crippen LogP contribution in [0.5, 0.6) is 11.5 Å². The number of hydrogen-bond donors (Lipinski definition) is 1. The molecule has 0 spiro atoms. The highest BCUT2D eigenvalue weighted by atomic mass is 35.5. The smallest absolute Gasteiger partial charge is 0.254 e. The van der Waals surface area contributed by atoms with Gasteiger partial charge in [-0.15, -0.1) is 12.4 Å². The topological polar surface area (TPSA) is 50.8 Å². The van der Waals surface area contributed by atoms with E-state index in [1.165, 1.54) is 0 Å². The molecule has 0 saturated carbocycles. The Bertz CT molecular complexity index is 476. The fourth-order valence-corrected chi connectivity index (χ4v) is 2.29. The van der Waals surface area contributed by atoms with Crippen molar-refractivity contribution >= 4 is 18.3 Å². The average molecular weight is 329 g/mol. The highest BCUT2D eigenvalue weighted by Gasteiger charge is 2.19. The maximum absolute atomic E-state index is 12.5. The van der Waals surface area contributed by atoms with Gasteiger partial charge in [-0.1, -0.05) is 6.92 Å². The van der Waals surface area contributed by atoms with Crippen LogP contribution in [0.3, 0.4) is 0 Å². The Kier molecular flexibility index (Phi) is 8.06. The Balaban J connectivity index is 0.00000242. The molecular formula is C16H25ClN2O3. The van der Waals surface area contributed by atoms with Crippen molar-refractivity contribution in [1.29, 1.82) is 0 Å². The quantitative estimate of drug-likeness (QED) is 0.871. The van der Waals surface area contributed by atoms with Gasteiger partial charge in [0.25, 0.3) is 5.91 Å². The summed E-state index contributed by atoms with van der Waals surface area (Å²) < 4.78 is 11.3. The number of benzene rings is 1. The Morgan fingerprint density at radius 1 is 1.18 bits per heavy atom. The van der Waals surface area contributed by atoms with Crippen LogP contribution in [0.4, 0.5) is 0 Å². The summed E-state index contributed by atoms with van der Waals surface area (Å²) in [6.45, 7) is 8.37. The van der Waals surface area contributed by atoms with E-state index in [2.05, 4.69) is 12.2 Å². The lowest BCUT2D eigenvalue weighted by Gasteiger charge is -2.27. The van der Waals surface area contributed by atoms with Crippen LogP contribution in [0.25, 0.3) is 0 Å². The molecule has 1 N–H and O–H groups in total. The number of carbonyl (C=O) groups is 1. The standard InChI is InChI=1S/C16H24N2O3.ClH/c1-3-11-21-14-6-5-13(12-15(14)20-4-2)16(19)18-9-7-17-8-10-18;/h5-6,12,17H,3-4,7-11H2,1-2H3;1H. The molecule has 0 unspecified atom stereocenters. The van der Waals surface area contributed by atoms with Crippen molar-refractivity contribution in [2.24, 2.45) is 0 Å². The minimum Gasteiger partial charge on any atom is -0.490 e. The Morgan fingerprint density at radius 3 is 2.55 bits per heavy atom. The predicted molar refractivity (Wildman–Crippen MR) is 89.4 cm³/mol. The monoisotopic (exact) mass is 328 g/mol. The molecule has 2 rings (SSSR count). The summed E-state index contributed by atoms with van der Waals surface area (Å²) in [5.74, 6) is 1.40. The van der Waals surface area contributed by atoms with Gasteiger partial charge in [-0.3, -0.25) is 4.79 Å². The Hall–Kier alpha value is -1.46. The molecule has 124 valence electrons. The second kappa shape index (κ2) is 9.54. The molecule has 1 aliphatic rings. The SMILES string of the molecule is CCCOc1ccc(C(=O)N2CCNCC2)cc1OCC.Cl. The first kappa shape index (κ1) is 18.6. The summed E-state index contributed by atoms with van der Waals surface area (Å²) in [6, 6.07) is 5.44. The van der Waals surface area contributed by atoms with Gasteiger partial charge in [0, 0.05) is 31.7 Å². The van der Waals surface area contributed by atoms with E-state index >= 15 is 0 Å². The molecule has 1 saturated heterocycles. The van der Waals surface area contributed by atoms with Crippen molar-refractivity contribution in [3.05, 3.63) is 23.8 Å². The van der Waals surface area contributed by atoms with Gasteiger partial charge in [0.1, 0.15) is 0 Å². The number of amides is 1. The highest BCUT2D eigenvalue weighted by Crippen LogP contribution is 2.29. The van der Waals surface area contributed by atoms with Gasteiger partial charge in [-0.05, 0) is 31.5 Å². The molecule has 22 heavy (non-hydrogen) atoms. The molecule has 0 atom stereocenters. The molecular weight excluding hydrogens is 304 g/mol. The van der Waals surface area contributed by atoms with Crippen LogP contribution in [0.1, 0.15) is 30.6 Å². The third kappa shape index (κ3) is 4.78. The normalized spacial score (nSPS) is 14.2.